The molecule has 0 atom stereocenters. The van der Waals surface area contributed by atoms with E-state index in [4.69, 9.17) is 4.74 Å². The number of methoxy groups -OCH3 is 1. The van der Waals surface area contributed by atoms with Gasteiger partial charge in [0.15, 0.2) is 0 Å². The van der Waals surface area contributed by atoms with Crippen LogP contribution in [-0.2, 0) is 9.59 Å². The van der Waals surface area contributed by atoms with Crippen LogP contribution in [0, 0.1) is 0 Å². The second kappa shape index (κ2) is 10.2. The predicted octanol–water partition coefficient (Wildman–Crippen LogP) is 1.35. The van der Waals surface area contributed by atoms with Gasteiger partial charge < -0.3 is 19.9 Å². The minimum atomic E-state index is -0.223. The van der Waals surface area contributed by atoms with E-state index in [1.165, 1.54) is 6.08 Å². The quantitative estimate of drug-likeness (QED) is 0.712. The lowest BCUT2D eigenvalue weighted by molar-refractivity contribution is -0.131. The van der Waals surface area contributed by atoms with Crippen LogP contribution >= 0.6 is 0 Å². The van der Waals surface area contributed by atoms with E-state index in [-0.39, 0.29) is 18.2 Å². The molecular formula is C21H25N5O3. The van der Waals surface area contributed by atoms with Crippen molar-refractivity contribution in [3.63, 3.8) is 0 Å². The van der Waals surface area contributed by atoms with Crippen molar-refractivity contribution >= 4 is 23.8 Å². The Hall–Kier alpha value is -3.42. The van der Waals surface area contributed by atoms with Gasteiger partial charge in [0.05, 0.1) is 7.11 Å². The molecule has 1 aliphatic heterocycles. The smallest absolute Gasteiger partial charge is 0.244 e. The van der Waals surface area contributed by atoms with Crippen LogP contribution in [0.2, 0.25) is 0 Å². The van der Waals surface area contributed by atoms with Gasteiger partial charge >= 0.3 is 0 Å². The van der Waals surface area contributed by atoms with E-state index in [1.54, 1.807) is 31.6 Å². The molecule has 0 saturated carbocycles. The SMILES string of the molecule is COc1ccc(/C=C/C(=O)NCCC(=O)N2CCN(c3ncccn3)CC2)cc1. The fourth-order valence-electron chi connectivity index (χ4n) is 3.01. The van der Waals surface area contributed by atoms with Crippen LogP contribution in [0.25, 0.3) is 6.08 Å². The zero-order valence-corrected chi connectivity index (χ0v) is 16.5. The first-order chi connectivity index (χ1) is 14.2. The number of amides is 2. The topological polar surface area (TPSA) is 87.7 Å². The first kappa shape index (κ1) is 20.3. The third-order valence-electron chi connectivity index (χ3n) is 4.65. The molecule has 152 valence electrons. The molecule has 8 heteroatoms. The summed E-state index contributed by atoms with van der Waals surface area (Å²) in [4.78, 5) is 36.7. The molecule has 1 fully saturated rings. The van der Waals surface area contributed by atoms with Gasteiger partial charge in [-0.15, -0.1) is 0 Å². The molecule has 0 radical (unpaired) electrons. The van der Waals surface area contributed by atoms with E-state index in [0.29, 0.717) is 38.7 Å². The fourth-order valence-corrected chi connectivity index (χ4v) is 3.01. The number of nitrogens with one attached hydrogen (secondary N) is 1. The highest BCUT2D eigenvalue weighted by molar-refractivity contribution is 5.92. The first-order valence-corrected chi connectivity index (χ1v) is 9.55. The summed E-state index contributed by atoms with van der Waals surface area (Å²) in [5.41, 5.74) is 0.900. The summed E-state index contributed by atoms with van der Waals surface area (Å²) in [5, 5.41) is 2.75. The number of nitrogens with zero attached hydrogens (tertiary/aromatic N) is 4. The van der Waals surface area contributed by atoms with Crippen molar-refractivity contribution in [3.05, 3.63) is 54.4 Å². The number of hydrogen-bond donors (Lipinski definition) is 1. The molecule has 1 saturated heterocycles. The van der Waals surface area contributed by atoms with Crippen molar-refractivity contribution in [3.8, 4) is 5.75 Å². The standard InChI is InChI=1S/C21H25N5O3/c1-29-18-6-3-17(4-7-18)5-8-19(27)22-12-9-20(28)25-13-15-26(16-14-25)21-23-10-2-11-24-21/h2-8,10-11H,9,12-16H2,1H3,(H,22,27)/b8-5+. The van der Waals surface area contributed by atoms with Gasteiger partial charge in [-0.2, -0.15) is 0 Å². The Morgan fingerprint density at radius 2 is 1.79 bits per heavy atom. The summed E-state index contributed by atoms with van der Waals surface area (Å²) in [5.74, 6) is 1.27. The maximum absolute atomic E-state index is 12.4. The molecule has 1 aliphatic rings. The molecule has 0 aliphatic carbocycles. The number of carbonyl (C=O) groups excluding carboxylic acids is 2. The highest BCUT2D eigenvalue weighted by atomic mass is 16.5. The van der Waals surface area contributed by atoms with Gasteiger partial charge in [0.1, 0.15) is 5.75 Å². The van der Waals surface area contributed by atoms with Crippen molar-refractivity contribution in [2.24, 2.45) is 0 Å². The molecular weight excluding hydrogens is 370 g/mol. The third-order valence-corrected chi connectivity index (χ3v) is 4.65. The molecule has 1 N–H and O–H groups in total. The molecule has 1 aromatic heterocycles. The third kappa shape index (κ3) is 6.03. The van der Waals surface area contributed by atoms with Gasteiger partial charge in [0.2, 0.25) is 17.8 Å². The summed E-state index contributed by atoms with van der Waals surface area (Å²) < 4.78 is 5.10. The van der Waals surface area contributed by atoms with Crippen molar-refractivity contribution in [1.29, 1.82) is 0 Å². The highest BCUT2D eigenvalue weighted by Gasteiger charge is 2.22. The average Bonchev–Trinajstić information content (AvgIpc) is 2.78. The molecule has 8 nitrogen and oxygen atoms in total. The Labute approximate surface area is 170 Å². The highest BCUT2D eigenvalue weighted by Crippen LogP contribution is 2.12. The Balaban J connectivity index is 1.36. The van der Waals surface area contributed by atoms with Crippen molar-refractivity contribution < 1.29 is 14.3 Å². The Morgan fingerprint density at radius 3 is 2.45 bits per heavy atom. The maximum atomic E-state index is 12.4. The molecule has 2 amide bonds. The van der Waals surface area contributed by atoms with Crippen LogP contribution in [0.3, 0.4) is 0 Å². The predicted molar refractivity (Wildman–Crippen MR) is 110 cm³/mol. The number of carbonyl (C=O) groups is 2. The van der Waals surface area contributed by atoms with E-state index >= 15 is 0 Å². The summed E-state index contributed by atoms with van der Waals surface area (Å²) in [7, 11) is 1.61. The summed E-state index contributed by atoms with van der Waals surface area (Å²) in [6, 6.07) is 9.18. The number of rotatable bonds is 7. The summed E-state index contributed by atoms with van der Waals surface area (Å²) >= 11 is 0. The monoisotopic (exact) mass is 395 g/mol. The molecule has 1 aromatic carbocycles. The van der Waals surface area contributed by atoms with Crippen molar-refractivity contribution in [2.75, 3.05) is 44.7 Å². The van der Waals surface area contributed by atoms with E-state index in [9.17, 15) is 9.59 Å². The Bertz CT molecular complexity index is 831. The van der Waals surface area contributed by atoms with Gasteiger partial charge in [-0.3, -0.25) is 9.59 Å². The lowest BCUT2D eigenvalue weighted by Gasteiger charge is -2.34. The minimum absolute atomic E-state index is 0.0399. The van der Waals surface area contributed by atoms with Gasteiger partial charge in [0, 0.05) is 57.6 Å². The van der Waals surface area contributed by atoms with Crippen LogP contribution in [0.4, 0.5) is 5.95 Å². The number of benzene rings is 1. The number of hydrogen-bond acceptors (Lipinski definition) is 6. The maximum Gasteiger partial charge on any atom is 0.244 e. The van der Waals surface area contributed by atoms with E-state index in [1.807, 2.05) is 29.2 Å². The largest absolute Gasteiger partial charge is 0.497 e. The van der Waals surface area contributed by atoms with Crippen LogP contribution in [-0.4, -0.2) is 66.5 Å². The molecule has 29 heavy (non-hydrogen) atoms. The molecule has 0 spiro atoms. The molecule has 2 heterocycles. The first-order valence-electron chi connectivity index (χ1n) is 9.55. The summed E-state index contributed by atoms with van der Waals surface area (Å²) in [6.07, 6.45) is 6.90. The Morgan fingerprint density at radius 1 is 1.10 bits per heavy atom. The normalized spacial score (nSPS) is 14.1. The zero-order chi connectivity index (χ0) is 20.5. The zero-order valence-electron chi connectivity index (χ0n) is 16.5. The lowest BCUT2D eigenvalue weighted by atomic mass is 10.2. The van der Waals surface area contributed by atoms with Gasteiger partial charge in [-0.25, -0.2) is 9.97 Å². The van der Waals surface area contributed by atoms with Gasteiger partial charge in [-0.05, 0) is 29.8 Å². The van der Waals surface area contributed by atoms with Crippen molar-refractivity contribution in [1.82, 2.24) is 20.2 Å². The van der Waals surface area contributed by atoms with E-state index < -0.39 is 0 Å². The molecule has 3 rings (SSSR count). The fraction of sp³-hybridized carbons (Fsp3) is 0.333. The number of ether oxygens (including phenoxy) is 1. The average molecular weight is 395 g/mol. The second-order valence-electron chi connectivity index (χ2n) is 6.56. The molecule has 0 bridgehead atoms. The number of piperazine rings is 1. The Kier molecular flexibility index (Phi) is 7.16. The van der Waals surface area contributed by atoms with Gasteiger partial charge in [-0.1, -0.05) is 12.1 Å². The van der Waals surface area contributed by atoms with Gasteiger partial charge in [0.25, 0.3) is 0 Å². The van der Waals surface area contributed by atoms with Crippen LogP contribution in [0.1, 0.15) is 12.0 Å². The van der Waals surface area contributed by atoms with Crippen molar-refractivity contribution in [2.45, 2.75) is 6.42 Å². The van der Waals surface area contributed by atoms with E-state index in [0.717, 1.165) is 11.3 Å². The second-order valence-corrected chi connectivity index (χ2v) is 6.56. The summed E-state index contributed by atoms with van der Waals surface area (Å²) in [6.45, 7) is 2.97. The number of aromatic nitrogens is 2. The number of anilines is 1. The lowest BCUT2D eigenvalue weighted by Crippen LogP contribution is -2.49. The minimum Gasteiger partial charge on any atom is -0.497 e. The molecule has 0 unspecified atom stereocenters. The van der Waals surface area contributed by atoms with E-state index in [2.05, 4.69) is 20.2 Å². The van der Waals surface area contributed by atoms with Crippen LogP contribution in [0.15, 0.2) is 48.8 Å². The molecule has 2 aromatic rings. The van der Waals surface area contributed by atoms with Crippen LogP contribution in [0.5, 0.6) is 5.75 Å². The van der Waals surface area contributed by atoms with Crippen LogP contribution < -0.4 is 15.0 Å².